The molecule has 0 aromatic rings. The van der Waals surface area contributed by atoms with Crippen molar-refractivity contribution in [1.82, 2.24) is 15.1 Å². The minimum atomic E-state index is 0.0386. The van der Waals surface area contributed by atoms with Crippen molar-refractivity contribution in [3.05, 3.63) is 0 Å². The van der Waals surface area contributed by atoms with E-state index in [1.54, 1.807) is 18.8 Å². The molecule has 0 spiro atoms. The predicted molar refractivity (Wildman–Crippen MR) is 100 cm³/mol. The van der Waals surface area contributed by atoms with Crippen LogP contribution in [0.5, 0.6) is 0 Å². The molecule has 6 heteroatoms. The summed E-state index contributed by atoms with van der Waals surface area (Å²) in [7, 11) is 1.64. The largest absolute Gasteiger partial charge is 0.359 e. The molecule has 0 aliphatic rings. The second kappa shape index (κ2) is 15.0. The van der Waals surface area contributed by atoms with Crippen LogP contribution in [-0.2, 0) is 9.59 Å². The third kappa shape index (κ3) is 12.5. The molecule has 23 heavy (non-hydrogen) atoms. The predicted octanol–water partition coefficient (Wildman–Crippen LogP) is 1.87. The van der Waals surface area contributed by atoms with Crippen LogP contribution in [0, 0.1) is 0 Å². The number of likely N-dealkylation sites (N-methyl/N-ethyl adjacent to an activating group) is 2. The molecule has 1 N–H and O–H groups in total. The Hall–Kier alpha value is -0.590. The topological polar surface area (TPSA) is 52.7 Å². The molecular weight excluding hydrogens is 310 g/mol. The van der Waals surface area contributed by atoms with Crippen LogP contribution in [0.25, 0.3) is 0 Å². The first-order valence-electron chi connectivity index (χ1n) is 8.81. The highest BCUT2D eigenvalue weighted by Gasteiger charge is 2.08. The van der Waals surface area contributed by atoms with E-state index in [2.05, 4.69) is 35.9 Å². The zero-order chi connectivity index (χ0) is 17.5. The van der Waals surface area contributed by atoms with Crippen molar-refractivity contribution in [1.29, 1.82) is 0 Å². The number of thioether (sulfide) groups is 1. The van der Waals surface area contributed by atoms with Crippen molar-refractivity contribution in [2.24, 2.45) is 0 Å². The summed E-state index contributed by atoms with van der Waals surface area (Å²) in [6.07, 6.45) is 2.07. The van der Waals surface area contributed by atoms with E-state index in [1.807, 2.05) is 0 Å². The normalized spacial score (nSPS) is 11.2. The second-order valence-corrected chi connectivity index (χ2v) is 6.68. The molecule has 0 heterocycles. The standard InChI is InChI=1S/C17H35N3O2S/c1-5-19(6-2)12-13-20(7-3)11-8-9-16(21)15-23-14-10-17(22)18-4/h5-15H2,1-4H3,(H,18,22). The Bertz CT molecular complexity index is 323. The number of hydrogen-bond acceptors (Lipinski definition) is 5. The SMILES string of the molecule is CCN(CC)CCN(CC)CCCC(=O)CSCCC(=O)NC. The number of carbonyl (C=O) groups excluding carboxylic acids is 2. The smallest absolute Gasteiger partial charge is 0.220 e. The molecule has 0 aliphatic heterocycles. The Morgan fingerprint density at radius 1 is 0.913 bits per heavy atom. The fourth-order valence-corrected chi connectivity index (χ4v) is 3.14. The van der Waals surface area contributed by atoms with Gasteiger partial charge in [0.2, 0.25) is 5.91 Å². The van der Waals surface area contributed by atoms with Crippen molar-refractivity contribution in [2.45, 2.75) is 40.0 Å². The molecule has 0 aromatic carbocycles. The zero-order valence-corrected chi connectivity index (χ0v) is 16.2. The summed E-state index contributed by atoms with van der Waals surface area (Å²) < 4.78 is 0. The van der Waals surface area contributed by atoms with Crippen LogP contribution < -0.4 is 5.32 Å². The molecule has 5 nitrogen and oxygen atoms in total. The van der Waals surface area contributed by atoms with Crippen LogP contribution in [0.4, 0.5) is 0 Å². The minimum absolute atomic E-state index is 0.0386. The van der Waals surface area contributed by atoms with E-state index in [4.69, 9.17) is 0 Å². The molecule has 0 rings (SSSR count). The van der Waals surface area contributed by atoms with Crippen molar-refractivity contribution >= 4 is 23.5 Å². The van der Waals surface area contributed by atoms with Crippen LogP contribution in [0.15, 0.2) is 0 Å². The number of amides is 1. The number of rotatable bonds is 15. The lowest BCUT2D eigenvalue weighted by Gasteiger charge is -2.25. The van der Waals surface area contributed by atoms with Gasteiger partial charge in [-0.1, -0.05) is 20.8 Å². The van der Waals surface area contributed by atoms with Crippen LogP contribution in [0.3, 0.4) is 0 Å². The van der Waals surface area contributed by atoms with Gasteiger partial charge in [0, 0.05) is 38.7 Å². The maximum absolute atomic E-state index is 11.8. The van der Waals surface area contributed by atoms with Crippen LogP contribution >= 0.6 is 11.8 Å². The Kier molecular flexibility index (Phi) is 14.6. The second-order valence-electron chi connectivity index (χ2n) is 5.58. The molecule has 0 aliphatic carbocycles. The van der Waals surface area contributed by atoms with E-state index in [9.17, 15) is 9.59 Å². The molecular formula is C17H35N3O2S. The third-order valence-electron chi connectivity index (χ3n) is 4.02. The van der Waals surface area contributed by atoms with Gasteiger partial charge in [0.1, 0.15) is 5.78 Å². The molecule has 0 atom stereocenters. The van der Waals surface area contributed by atoms with Gasteiger partial charge in [-0.3, -0.25) is 9.59 Å². The van der Waals surface area contributed by atoms with Gasteiger partial charge in [-0.25, -0.2) is 0 Å². The van der Waals surface area contributed by atoms with Gasteiger partial charge in [-0.05, 0) is 32.6 Å². The summed E-state index contributed by atoms with van der Waals surface area (Å²) in [6.45, 7) is 13.0. The highest BCUT2D eigenvalue weighted by atomic mass is 32.2. The molecule has 0 unspecified atom stereocenters. The first-order valence-corrected chi connectivity index (χ1v) is 9.97. The van der Waals surface area contributed by atoms with Crippen LogP contribution in [-0.4, -0.2) is 79.3 Å². The van der Waals surface area contributed by atoms with E-state index >= 15 is 0 Å². The van der Waals surface area contributed by atoms with Crippen LogP contribution in [0.1, 0.15) is 40.0 Å². The fraction of sp³-hybridized carbons (Fsp3) is 0.882. The van der Waals surface area contributed by atoms with Gasteiger partial charge in [0.15, 0.2) is 0 Å². The number of hydrogen-bond donors (Lipinski definition) is 1. The van der Waals surface area contributed by atoms with Crippen molar-refractivity contribution < 1.29 is 9.59 Å². The molecule has 0 saturated heterocycles. The summed E-state index contributed by atoms with van der Waals surface area (Å²) >= 11 is 1.56. The summed E-state index contributed by atoms with van der Waals surface area (Å²) in [4.78, 5) is 27.8. The minimum Gasteiger partial charge on any atom is -0.359 e. The third-order valence-corrected chi connectivity index (χ3v) is 5.04. The van der Waals surface area contributed by atoms with E-state index in [0.717, 1.165) is 51.4 Å². The number of ketones is 1. The first kappa shape index (κ1) is 22.4. The monoisotopic (exact) mass is 345 g/mol. The van der Waals surface area contributed by atoms with Gasteiger partial charge < -0.3 is 15.1 Å². The van der Waals surface area contributed by atoms with Crippen LogP contribution in [0.2, 0.25) is 0 Å². The van der Waals surface area contributed by atoms with Gasteiger partial charge in [0.05, 0.1) is 5.75 Å². The summed E-state index contributed by atoms with van der Waals surface area (Å²) in [5.41, 5.74) is 0. The average Bonchev–Trinajstić information content (AvgIpc) is 2.57. The van der Waals surface area contributed by atoms with Gasteiger partial charge >= 0.3 is 0 Å². The summed E-state index contributed by atoms with van der Waals surface area (Å²) in [5, 5.41) is 2.59. The van der Waals surface area contributed by atoms with E-state index in [1.165, 1.54) is 0 Å². The Balaban J connectivity index is 3.72. The van der Waals surface area contributed by atoms with Crippen molar-refractivity contribution in [3.8, 4) is 0 Å². The number of nitrogens with zero attached hydrogens (tertiary/aromatic N) is 2. The molecule has 0 aromatic heterocycles. The highest BCUT2D eigenvalue weighted by Crippen LogP contribution is 2.06. The Morgan fingerprint density at radius 2 is 1.52 bits per heavy atom. The summed E-state index contributed by atoms with van der Waals surface area (Å²) in [5.74, 6) is 1.59. The van der Waals surface area contributed by atoms with E-state index in [-0.39, 0.29) is 5.91 Å². The van der Waals surface area contributed by atoms with Gasteiger partial charge in [0.25, 0.3) is 0 Å². The van der Waals surface area contributed by atoms with Gasteiger partial charge in [-0.15, -0.1) is 0 Å². The lowest BCUT2D eigenvalue weighted by Crippen LogP contribution is -2.35. The maximum atomic E-state index is 11.8. The zero-order valence-electron chi connectivity index (χ0n) is 15.4. The Labute approximate surface area is 146 Å². The molecule has 136 valence electrons. The Morgan fingerprint density at radius 3 is 2.09 bits per heavy atom. The summed E-state index contributed by atoms with van der Waals surface area (Å²) in [6, 6.07) is 0. The maximum Gasteiger partial charge on any atom is 0.220 e. The van der Waals surface area contributed by atoms with E-state index in [0.29, 0.717) is 24.4 Å². The fourth-order valence-electron chi connectivity index (χ4n) is 2.30. The number of nitrogens with one attached hydrogen (secondary N) is 1. The average molecular weight is 346 g/mol. The first-order chi connectivity index (χ1) is 11.1. The van der Waals surface area contributed by atoms with Crippen molar-refractivity contribution in [3.63, 3.8) is 0 Å². The number of carbonyl (C=O) groups is 2. The van der Waals surface area contributed by atoms with E-state index < -0.39 is 0 Å². The molecule has 0 saturated carbocycles. The molecule has 0 fully saturated rings. The molecule has 1 amide bonds. The molecule has 0 radical (unpaired) electrons. The highest BCUT2D eigenvalue weighted by molar-refractivity contribution is 7.99. The van der Waals surface area contributed by atoms with Crippen molar-refractivity contribution in [2.75, 3.05) is 57.8 Å². The lowest BCUT2D eigenvalue weighted by molar-refractivity contribution is -0.120. The number of Topliss-reactive ketones (excluding diaryl/α,β-unsaturated/α-hetero) is 1. The molecule has 0 bridgehead atoms. The quantitative estimate of drug-likeness (QED) is 0.459. The van der Waals surface area contributed by atoms with Gasteiger partial charge in [-0.2, -0.15) is 11.8 Å². The lowest BCUT2D eigenvalue weighted by atomic mass is 10.2.